The van der Waals surface area contributed by atoms with E-state index in [0.717, 1.165) is 16.7 Å². The summed E-state index contributed by atoms with van der Waals surface area (Å²) in [5, 5.41) is 9.11. The van der Waals surface area contributed by atoms with E-state index in [1.54, 1.807) is 30.3 Å². The van der Waals surface area contributed by atoms with Crippen molar-refractivity contribution in [2.24, 2.45) is 4.99 Å². The molecule has 6 nitrogen and oxygen atoms in total. The van der Waals surface area contributed by atoms with Crippen LogP contribution in [-0.4, -0.2) is 37.6 Å². The summed E-state index contributed by atoms with van der Waals surface area (Å²) in [6.45, 7) is 3.79. The van der Waals surface area contributed by atoms with Gasteiger partial charge in [0.2, 0.25) is 5.91 Å². The lowest BCUT2D eigenvalue weighted by molar-refractivity contribution is -0.117. The summed E-state index contributed by atoms with van der Waals surface area (Å²) in [5.41, 5.74) is 4.90. The Hall–Kier alpha value is -3.58. The fourth-order valence-electron chi connectivity index (χ4n) is 3.76. The maximum absolute atomic E-state index is 13.1. The number of aliphatic imine (C=N–C) groups is 1. The Labute approximate surface area is 205 Å². The second-order valence-corrected chi connectivity index (χ2v) is 8.84. The van der Waals surface area contributed by atoms with Crippen molar-refractivity contribution in [1.29, 1.82) is 0 Å². The van der Waals surface area contributed by atoms with Crippen molar-refractivity contribution in [3.05, 3.63) is 88.4 Å². The molecule has 0 bridgehead atoms. The average molecular weight is 471 g/mol. The molecule has 0 saturated carbocycles. The summed E-state index contributed by atoms with van der Waals surface area (Å²) in [6.07, 6.45) is 0.360. The summed E-state index contributed by atoms with van der Waals surface area (Å²) in [5.74, 6) is -0.217. The minimum Gasteiger partial charge on any atom is -0.336 e. The molecule has 1 aliphatic rings. The van der Waals surface area contributed by atoms with Crippen LogP contribution < -0.4 is 21.4 Å². The van der Waals surface area contributed by atoms with Crippen LogP contribution in [0.25, 0.3) is 0 Å². The number of hydrogen-bond donors (Lipinski definition) is 3. The van der Waals surface area contributed by atoms with E-state index in [9.17, 15) is 9.59 Å². The summed E-state index contributed by atoms with van der Waals surface area (Å²) >= 11 is 6.29. The molecule has 1 unspecified atom stereocenters. The van der Waals surface area contributed by atoms with Gasteiger partial charge in [-0.2, -0.15) is 0 Å². The van der Waals surface area contributed by atoms with Crippen molar-refractivity contribution in [2.45, 2.75) is 32.4 Å². The number of rotatable bonds is 5. The Bertz CT molecular complexity index is 1260. The van der Waals surface area contributed by atoms with E-state index < -0.39 is 6.04 Å². The zero-order valence-electron chi connectivity index (χ0n) is 18.9. The number of benzene rings is 3. The molecule has 2 radical (unpaired) electrons. The van der Waals surface area contributed by atoms with Gasteiger partial charge in [0.15, 0.2) is 0 Å². The van der Waals surface area contributed by atoms with Gasteiger partial charge in [-0.05, 0) is 44.2 Å². The third-order valence-electron chi connectivity index (χ3n) is 5.39. The number of urea groups is 1. The molecule has 0 aromatic heterocycles. The van der Waals surface area contributed by atoms with E-state index in [0.29, 0.717) is 34.0 Å². The summed E-state index contributed by atoms with van der Waals surface area (Å²) < 4.78 is 0. The number of benzodiazepines with no additional fused rings is 1. The van der Waals surface area contributed by atoms with Crippen molar-refractivity contribution in [3.8, 4) is 0 Å². The number of amides is 3. The fourth-order valence-corrected chi connectivity index (χ4v) is 3.93. The van der Waals surface area contributed by atoms with Crippen molar-refractivity contribution < 1.29 is 9.59 Å². The van der Waals surface area contributed by atoms with Crippen LogP contribution in [0.4, 0.5) is 16.2 Å². The SMILES string of the molecule is [B]c1ccccc1CC1N=C(c2ccc(NC(=O)NC(C)C)cc2)c2cc(Cl)ccc2NC1=O. The van der Waals surface area contributed by atoms with Crippen molar-refractivity contribution >= 4 is 53.9 Å². The van der Waals surface area contributed by atoms with Gasteiger partial charge in [-0.25, -0.2) is 4.79 Å². The zero-order chi connectivity index (χ0) is 24.2. The van der Waals surface area contributed by atoms with Crippen molar-refractivity contribution in [2.75, 3.05) is 10.6 Å². The Balaban J connectivity index is 1.71. The van der Waals surface area contributed by atoms with Crippen LogP contribution in [-0.2, 0) is 11.2 Å². The Morgan fingerprint density at radius 1 is 1.12 bits per heavy atom. The van der Waals surface area contributed by atoms with Gasteiger partial charge in [-0.15, -0.1) is 0 Å². The molecular weight excluding hydrogens is 447 g/mol. The van der Waals surface area contributed by atoms with Crippen molar-refractivity contribution in [3.63, 3.8) is 0 Å². The molecule has 0 aliphatic carbocycles. The Morgan fingerprint density at radius 3 is 2.56 bits per heavy atom. The monoisotopic (exact) mass is 470 g/mol. The second-order valence-electron chi connectivity index (χ2n) is 8.41. The zero-order valence-corrected chi connectivity index (χ0v) is 19.7. The fraction of sp³-hybridized carbons (Fsp3) is 0.192. The van der Waals surface area contributed by atoms with Crippen LogP contribution in [0.1, 0.15) is 30.5 Å². The van der Waals surface area contributed by atoms with E-state index in [2.05, 4.69) is 16.0 Å². The molecule has 3 N–H and O–H groups in total. The highest BCUT2D eigenvalue weighted by atomic mass is 35.5. The molecule has 0 fully saturated rings. The number of nitrogens with one attached hydrogen (secondary N) is 3. The van der Waals surface area contributed by atoms with Crippen LogP contribution in [0.2, 0.25) is 5.02 Å². The topological polar surface area (TPSA) is 82.6 Å². The number of fused-ring (bicyclic) bond motifs is 1. The molecule has 3 aromatic rings. The first-order valence-electron chi connectivity index (χ1n) is 11.0. The maximum atomic E-state index is 13.1. The molecule has 3 amide bonds. The highest BCUT2D eigenvalue weighted by molar-refractivity contribution is 6.33. The first kappa shape index (κ1) is 23.6. The molecule has 8 heteroatoms. The first-order valence-corrected chi connectivity index (χ1v) is 11.4. The molecule has 170 valence electrons. The van der Waals surface area contributed by atoms with Crippen molar-refractivity contribution in [1.82, 2.24) is 5.32 Å². The number of carbonyl (C=O) groups is 2. The smallest absolute Gasteiger partial charge is 0.319 e. The standard InChI is InChI=1S/C26H24BClN4O2/c1-15(2)29-26(34)30-19-10-7-16(8-11-19)24-20-14-18(28)9-12-22(20)32-25(33)23(31-24)13-17-5-3-4-6-21(17)27/h3-12,14-15,23H,13H2,1-2H3,(H,32,33)(H2,29,30,34). The van der Waals surface area contributed by atoms with Crippen LogP contribution in [0.3, 0.4) is 0 Å². The van der Waals surface area contributed by atoms with Crippen LogP contribution in [0.15, 0.2) is 71.7 Å². The van der Waals surface area contributed by atoms with E-state index in [4.69, 9.17) is 24.4 Å². The van der Waals surface area contributed by atoms with Gasteiger partial charge in [0.1, 0.15) is 13.9 Å². The Kier molecular flexibility index (Phi) is 7.03. The average Bonchev–Trinajstić information content (AvgIpc) is 2.92. The van der Waals surface area contributed by atoms with Crippen LogP contribution >= 0.6 is 11.6 Å². The number of carbonyl (C=O) groups excluding carboxylic acids is 2. The van der Waals surface area contributed by atoms with Crippen LogP contribution in [0.5, 0.6) is 0 Å². The minimum atomic E-state index is -0.680. The largest absolute Gasteiger partial charge is 0.336 e. The number of anilines is 2. The number of halogens is 1. The highest BCUT2D eigenvalue weighted by Gasteiger charge is 2.26. The maximum Gasteiger partial charge on any atom is 0.319 e. The first-order chi connectivity index (χ1) is 16.3. The minimum absolute atomic E-state index is 0.0292. The molecule has 34 heavy (non-hydrogen) atoms. The lowest BCUT2D eigenvalue weighted by Crippen LogP contribution is -2.34. The normalized spacial score (nSPS) is 15.1. The predicted molar refractivity (Wildman–Crippen MR) is 139 cm³/mol. The summed E-state index contributed by atoms with van der Waals surface area (Å²) in [7, 11) is 6.12. The number of nitrogens with zero attached hydrogens (tertiary/aromatic N) is 1. The van der Waals surface area contributed by atoms with Gasteiger partial charge >= 0.3 is 6.03 Å². The lowest BCUT2D eigenvalue weighted by atomic mass is 9.87. The molecule has 1 atom stereocenters. The molecule has 3 aromatic carbocycles. The van der Waals surface area contributed by atoms with Gasteiger partial charge < -0.3 is 16.0 Å². The van der Waals surface area contributed by atoms with E-state index in [-0.39, 0.29) is 18.0 Å². The van der Waals surface area contributed by atoms with E-state index in [1.807, 2.05) is 50.2 Å². The molecule has 0 saturated heterocycles. The Morgan fingerprint density at radius 2 is 1.85 bits per heavy atom. The molecule has 4 rings (SSSR count). The molecule has 0 spiro atoms. The lowest BCUT2D eigenvalue weighted by Gasteiger charge is -2.14. The van der Waals surface area contributed by atoms with Gasteiger partial charge in [0.05, 0.1) is 11.4 Å². The van der Waals surface area contributed by atoms with Gasteiger partial charge in [-0.3, -0.25) is 9.79 Å². The highest BCUT2D eigenvalue weighted by Crippen LogP contribution is 2.28. The molecular formula is C26H24BClN4O2. The molecule has 1 heterocycles. The second kappa shape index (κ2) is 10.1. The summed E-state index contributed by atoms with van der Waals surface area (Å²) in [6, 6.07) is 19.1. The predicted octanol–water partition coefficient (Wildman–Crippen LogP) is 4.06. The van der Waals surface area contributed by atoms with Gasteiger partial charge in [0, 0.05) is 34.3 Å². The van der Waals surface area contributed by atoms with Gasteiger partial charge in [-0.1, -0.05) is 59.0 Å². The molecule has 1 aliphatic heterocycles. The number of hydrogen-bond acceptors (Lipinski definition) is 3. The van der Waals surface area contributed by atoms with Gasteiger partial charge in [0.25, 0.3) is 0 Å². The quantitative estimate of drug-likeness (QED) is 0.491. The summed E-state index contributed by atoms with van der Waals surface area (Å²) in [4.78, 5) is 30.0. The third kappa shape index (κ3) is 5.49. The van der Waals surface area contributed by atoms with E-state index >= 15 is 0 Å². The third-order valence-corrected chi connectivity index (χ3v) is 5.62. The van der Waals surface area contributed by atoms with Crippen LogP contribution in [0, 0.1) is 0 Å². The van der Waals surface area contributed by atoms with E-state index in [1.165, 1.54) is 0 Å².